The zero-order valence-electron chi connectivity index (χ0n) is 21.0. The lowest BCUT2D eigenvalue weighted by atomic mass is 9.76. The van der Waals surface area contributed by atoms with Crippen molar-refractivity contribution in [3.63, 3.8) is 0 Å². The molecule has 0 aromatic heterocycles. The van der Waals surface area contributed by atoms with E-state index in [1.54, 1.807) is 0 Å². The van der Waals surface area contributed by atoms with E-state index < -0.39 is 11.1 Å². The summed E-state index contributed by atoms with van der Waals surface area (Å²) in [6, 6.07) is 21.8. The third-order valence-corrected chi connectivity index (χ3v) is 8.31. The van der Waals surface area contributed by atoms with Crippen LogP contribution in [0.5, 0.6) is 0 Å². The van der Waals surface area contributed by atoms with Gasteiger partial charge >= 0.3 is 0 Å². The molecule has 2 aromatic carbocycles. The number of fused-ring (bicyclic) bond motifs is 3. The van der Waals surface area contributed by atoms with Crippen LogP contribution in [0.25, 0.3) is 0 Å². The number of nitrogens with zero attached hydrogens (tertiary/aromatic N) is 5. The molecule has 2 heterocycles. The van der Waals surface area contributed by atoms with Crippen LogP contribution in [0, 0.1) is 53.8 Å². The number of hydrazone groups is 1. The molecule has 0 saturated heterocycles. The van der Waals surface area contributed by atoms with Gasteiger partial charge in [0.1, 0.15) is 17.7 Å². The molecule has 0 bridgehead atoms. The van der Waals surface area contributed by atoms with Crippen LogP contribution in [0.2, 0.25) is 0 Å². The van der Waals surface area contributed by atoms with Gasteiger partial charge in [0.15, 0.2) is 0 Å². The van der Waals surface area contributed by atoms with Crippen LogP contribution in [0.4, 0.5) is 0 Å². The second kappa shape index (κ2) is 6.97. The van der Waals surface area contributed by atoms with Crippen molar-refractivity contribution < 1.29 is 0 Å². The Morgan fingerprint density at radius 1 is 0.882 bits per heavy atom. The van der Waals surface area contributed by atoms with Crippen LogP contribution in [0.1, 0.15) is 43.0 Å². The molecule has 2 aromatic rings. The van der Waals surface area contributed by atoms with E-state index in [4.69, 9.17) is 5.10 Å². The van der Waals surface area contributed by atoms with E-state index in [1.807, 2.05) is 24.0 Å². The molecule has 1 fully saturated rings. The molecule has 1 saturated carbocycles. The number of rotatable bonds is 3. The molecule has 172 valence electrons. The van der Waals surface area contributed by atoms with Gasteiger partial charge in [-0.15, -0.1) is 0 Å². The number of nitriles is 2. The van der Waals surface area contributed by atoms with Gasteiger partial charge in [0, 0.05) is 25.9 Å². The van der Waals surface area contributed by atoms with E-state index in [2.05, 4.69) is 95.3 Å². The van der Waals surface area contributed by atoms with E-state index in [0.29, 0.717) is 0 Å². The lowest BCUT2D eigenvalue weighted by Gasteiger charge is -2.45. The highest BCUT2D eigenvalue weighted by Crippen LogP contribution is 2.74. The highest BCUT2D eigenvalue weighted by molar-refractivity contribution is 6.06. The monoisotopic (exact) mass is 449 g/mol. The molecule has 0 unspecified atom stereocenters. The van der Waals surface area contributed by atoms with E-state index in [9.17, 15) is 10.5 Å². The number of benzene rings is 2. The number of hydrogen-bond acceptors (Lipinski definition) is 5. The topological polar surface area (TPSA) is 66.4 Å². The zero-order valence-corrected chi connectivity index (χ0v) is 21.0. The third-order valence-electron chi connectivity index (χ3n) is 8.31. The Balaban J connectivity index is 1.88. The van der Waals surface area contributed by atoms with E-state index >= 15 is 0 Å². The molecule has 0 amide bonds. The Kier molecular flexibility index (Phi) is 4.56. The molecule has 3 atom stereocenters. The Bertz CT molecular complexity index is 1300. The fourth-order valence-corrected chi connectivity index (χ4v) is 6.76. The third kappa shape index (κ3) is 2.50. The summed E-state index contributed by atoms with van der Waals surface area (Å²) in [7, 11) is 3.84. The minimum atomic E-state index is -1.52. The van der Waals surface area contributed by atoms with Gasteiger partial charge in [-0.25, -0.2) is 5.01 Å². The molecule has 3 aliphatic rings. The lowest BCUT2D eigenvalue weighted by Crippen LogP contribution is -2.55. The van der Waals surface area contributed by atoms with Gasteiger partial charge in [-0.3, -0.25) is 0 Å². The predicted octanol–water partition coefficient (Wildman–Crippen LogP) is 5.13. The van der Waals surface area contributed by atoms with Crippen molar-refractivity contribution in [3.05, 3.63) is 82.1 Å². The van der Waals surface area contributed by atoms with Crippen molar-refractivity contribution in [3.8, 4) is 12.1 Å². The molecule has 2 aliphatic heterocycles. The minimum absolute atomic E-state index is 0.0525. The first-order valence-electron chi connectivity index (χ1n) is 11.8. The smallest absolute Gasteiger partial charge is 0.270 e. The van der Waals surface area contributed by atoms with E-state index in [-0.39, 0.29) is 17.3 Å². The van der Waals surface area contributed by atoms with Gasteiger partial charge in [0.2, 0.25) is 0 Å². The van der Waals surface area contributed by atoms with E-state index in [0.717, 1.165) is 28.1 Å². The maximum atomic E-state index is 10.6. The second-order valence-electron chi connectivity index (χ2n) is 10.9. The summed E-state index contributed by atoms with van der Waals surface area (Å²) >= 11 is 0. The number of hydrogen-bond donors (Lipinski definition) is 0. The highest BCUT2D eigenvalue weighted by atomic mass is 15.6. The molecular formula is C29H31N5. The minimum Gasteiger partial charge on any atom is -0.377 e. The molecule has 0 radical (unpaired) electrons. The summed E-state index contributed by atoms with van der Waals surface area (Å²) in [5, 5.41) is 28.3. The Labute approximate surface area is 202 Å². The maximum absolute atomic E-state index is 10.6. The van der Waals surface area contributed by atoms with Gasteiger partial charge in [-0.2, -0.15) is 15.6 Å². The van der Waals surface area contributed by atoms with Gasteiger partial charge < -0.3 is 4.90 Å². The van der Waals surface area contributed by atoms with Crippen molar-refractivity contribution >= 4 is 5.71 Å². The zero-order chi connectivity index (χ0) is 24.6. The molecule has 34 heavy (non-hydrogen) atoms. The van der Waals surface area contributed by atoms with Crippen LogP contribution < -0.4 is 0 Å². The van der Waals surface area contributed by atoms with Gasteiger partial charge in [0.25, 0.3) is 5.54 Å². The molecular weight excluding hydrogens is 418 g/mol. The standard InChI is InChI=1S/C29H31N5/c1-18-8-12-21(13-9-18)24-23-25(27(23,4)5)29(22-14-10-19(2)11-15-22)20(3)26(33(6)7)28(16-30,17-31)34(29)32-24/h8-15,23,25H,1-7H3/t23-,25+,29-/m1/s1. The summed E-state index contributed by atoms with van der Waals surface area (Å²) in [5.41, 5.74) is 5.03. The van der Waals surface area contributed by atoms with Gasteiger partial charge in [-0.05, 0) is 42.9 Å². The molecule has 5 rings (SSSR count). The first-order valence-corrected chi connectivity index (χ1v) is 11.8. The molecule has 5 nitrogen and oxygen atoms in total. The normalized spacial score (nSPS) is 27.8. The van der Waals surface area contributed by atoms with Crippen LogP contribution in [-0.4, -0.2) is 35.3 Å². The van der Waals surface area contributed by atoms with Crippen molar-refractivity contribution in [2.45, 2.75) is 45.7 Å². The summed E-state index contributed by atoms with van der Waals surface area (Å²) in [6.45, 7) is 10.8. The van der Waals surface area contributed by atoms with E-state index in [1.165, 1.54) is 11.1 Å². The molecule has 0 spiro atoms. The lowest BCUT2D eigenvalue weighted by molar-refractivity contribution is 0.0612. The fraction of sp³-hybridized carbons (Fsp3) is 0.414. The van der Waals surface area contributed by atoms with Gasteiger partial charge in [0.05, 0.1) is 11.4 Å². The van der Waals surface area contributed by atoms with Crippen molar-refractivity contribution in [1.29, 1.82) is 10.5 Å². The van der Waals surface area contributed by atoms with Crippen molar-refractivity contribution in [2.24, 2.45) is 22.4 Å². The quantitative estimate of drug-likeness (QED) is 0.652. The van der Waals surface area contributed by atoms with Crippen molar-refractivity contribution in [2.75, 3.05) is 14.1 Å². The average Bonchev–Trinajstić information content (AvgIpc) is 3.30. The fourth-order valence-electron chi connectivity index (χ4n) is 6.76. The summed E-state index contributed by atoms with van der Waals surface area (Å²) < 4.78 is 0. The molecule has 1 aliphatic carbocycles. The Morgan fingerprint density at radius 2 is 1.41 bits per heavy atom. The maximum Gasteiger partial charge on any atom is 0.270 e. The van der Waals surface area contributed by atoms with Crippen LogP contribution in [-0.2, 0) is 5.54 Å². The average molecular weight is 450 g/mol. The SMILES string of the molecule is CC1=C(N(C)C)C(C#N)(C#N)N2N=C(c3ccc(C)cc3)[C@@H]3[C@@H](C3(C)C)[C@]12c1ccc(C)cc1. The number of likely N-dealkylation sites (N-methyl/N-ethyl adjacent to an activating group) is 1. The Morgan fingerprint density at radius 3 is 1.91 bits per heavy atom. The number of aryl methyl sites for hydroxylation is 2. The molecule has 0 N–H and O–H groups in total. The Hall–Kier alpha value is -3.57. The second-order valence-corrected chi connectivity index (χ2v) is 10.9. The molecule has 5 heteroatoms. The van der Waals surface area contributed by atoms with Crippen molar-refractivity contribution in [1.82, 2.24) is 9.91 Å². The van der Waals surface area contributed by atoms with Crippen LogP contribution in [0.3, 0.4) is 0 Å². The first kappa shape index (κ1) is 22.2. The van der Waals surface area contributed by atoms with Crippen LogP contribution >= 0.6 is 0 Å². The highest BCUT2D eigenvalue weighted by Gasteiger charge is 2.78. The van der Waals surface area contributed by atoms with Crippen LogP contribution in [0.15, 0.2) is 64.9 Å². The first-order chi connectivity index (χ1) is 16.1. The largest absolute Gasteiger partial charge is 0.377 e. The summed E-state index contributed by atoms with van der Waals surface area (Å²) in [6.07, 6.45) is 0. The summed E-state index contributed by atoms with van der Waals surface area (Å²) in [4.78, 5) is 1.93. The summed E-state index contributed by atoms with van der Waals surface area (Å²) in [5.74, 6) is 0.398. The predicted molar refractivity (Wildman–Crippen MR) is 134 cm³/mol. The van der Waals surface area contributed by atoms with Gasteiger partial charge in [-0.1, -0.05) is 73.5 Å².